The van der Waals surface area contributed by atoms with Crippen LogP contribution in [0.25, 0.3) is 27.8 Å². The highest BCUT2D eigenvalue weighted by molar-refractivity contribution is 5.92. The molecule has 0 aliphatic rings. The molecule has 0 aliphatic heterocycles. The maximum absolute atomic E-state index is 13.9. The number of pyridine rings is 1. The van der Waals surface area contributed by atoms with Crippen molar-refractivity contribution in [2.24, 2.45) is 0 Å². The van der Waals surface area contributed by atoms with Crippen molar-refractivity contribution in [1.82, 2.24) is 29.5 Å². The Bertz CT molecular complexity index is 893. The molecule has 0 atom stereocenters. The van der Waals surface area contributed by atoms with Gasteiger partial charge in [-0.2, -0.15) is 5.10 Å². The monoisotopic (exact) mass is 254 g/mol. The van der Waals surface area contributed by atoms with Gasteiger partial charge in [-0.25, -0.2) is 23.9 Å². The van der Waals surface area contributed by atoms with Crippen molar-refractivity contribution in [3.8, 4) is 11.1 Å². The molecule has 6 nitrogen and oxygen atoms in total. The van der Waals surface area contributed by atoms with Gasteiger partial charge >= 0.3 is 0 Å². The summed E-state index contributed by atoms with van der Waals surface area (Å²) in [5.74, 6) is -0.416. The highest BCUT2D eigenvalue weighted by Crippen LogP contribution is 2.27. The minimum atomic E-state index is -0.416. The first-order valence-electron chi connectivity index (χ1n) is 5.59. The lowest BCUT2D eigenvalue weighted by molar-refractivity contribution is 0.628. The van der Waals surface area contributed by atoms with Gasteiger partial charge in [0.1, 0.15) is 18.3 Å². The normalized spacial score (nSPS) is 11.4. The van der Waals surface area contributed by atoms with Crippen LogP contribution in [-0.4, -0.2) is 29.5 Å². The second-order valence-corrected chi connectivity index (χ2v) is 4.09. The van der Waals surface area contributed by atoms with E-state index in [0.717, 1.165) is 10.9 Å². The van der Waals surface area contributed by atoms with Gasteiger partial charge in [-0.05, 0) is 6.07 Å². The van der Waals surface area contributed by atoms with Crippen LogP contribution in [0.4, 0.5) is 4.39 Å². The molecule has 0 unspecified atom stereocenters. The number of nitrogens with one attached hydrogen (secondary N) is 1. The molecule has 0 spiro atoms. The molecule has 0 fully saturated rings. The van der Waals surface area contributed by atoms with E-state index in [1.165, 1.54) is 23.2 Å². The van der Waals surface area contributed by atoms with Crippen molar-refractivity contribution >= 4 is 16.7 Å². The molecule has 0 saturated heterocycles. The predicted octanol–water partition coefficient (Wildman–Crippen LogP) is 1.81. The Morgan fingerprint density at radius 1 is 1.21 bits per heavy atom. The number of aromatic amines is 1. The molecule has 0 aliphatic carbocycles. The number of fused-ring (bicyclic) bond motifs is 2. The Hall–Kier alpha value is -2.83. The fourth-order valence-electron chi connectivity index (χ4n) is 2.13. The zero-order valence-corrected chi connectivity index (χ0v) is 9.58. The van der Waals surface area contributed by atoms with Crippen LogP contribution in [0.5, 0.6) is 0 Å². The number of H-pyrrole nitrogens is 1. The van der Waals surface area contributed by atoms with Gasteiger partial charge in [0, 0.05) is 35.1 Å². The van der Waals surface area contributed by atoms with Crippen molar-refractivity contribution in [2.75, 3.05) is 0 Å². The second kappa shape index (κ2) is 3.58. The second-order valence-electron chi connectivity index (χ2n) is 4.09. The van der Waals surface area contributed by atoms with E-state index >= 15 is 0 Å². The third kappa shape index (κ3) is 1.41. The lowest BCUT2D eigenvalue weighted by Gasteiger charge is -2.01. The Morgan fingerprint density at radius 2 is 2.16 bits per heavy atom. The summed E-state index contributed by atoms with van der Waals surface area (Å²) < 4.78 is 15.3. The van der Waals surface area contributed by atoms with Crippen molar-refractivity contribution in [2.45, 2.75) is 0 Å². The average molecular weight is 254 g/mol. The van der Waals surface area contributed by atoms with E-state index in [1.54, 1.807) is 18.6 Å². The highest BCUT2D eigenvalue weighted by Gasteiger charge is 2.11. The minimum Gasteiger partial charge on any atom is -0.345 e. The van der Waals surface area contributed by atoms with E-state index in [-0.39, 0.29) is 5.65 Å². The van der Waals surface area contributed by atoms with Gasteiger partial charge in [0.15, 0.2) is 11.5 Å². The third-order valence-electron chi connectivity index (χ3n) is 3.00. The van der Waals surface area contributed by atoms with Crippen molar-refractivity contribution in [3.63, 3.8) is 0 Å². The van der Waals surface area contributed by atoms with Crippen LogP contribution in [0.15, 0.2) is 37.3 Å². The van der Waals surface area contributed by atoms with Crippen LogP contribution < -0.4 is 0 Å². The maximum Gasteiger partial charge on any atom is 0.191 e. The first kappa shape index (κ1) is 10.1. The van der Waals surface area contributed by atoms with E-state index in [4.69, 9.17) is 0 Å². The minimum absolute atomic E-state index is 0.208. The molecule has 4 heterocycles. The lowest BCUT2D eigenvalue weighted by atomic mass is 10.1. The van der Waals surface area contributed by atoms with E-state index in [9.17, 15) is 4.39 Å². The van der Waals surface area contributed by atoms with Gasteiger partial charge in [-0.15, -0.1) is 0 Å². The summed E-state index contributed by atoms with van der Waals surface area (Å²) in [6.07, 6.45) is 7.97. The van der Waals surface area contributed by atoms with Gasteiger partial charge in [-0.3, -0.25) is 0 Å². The third-order valence-corrected chi connectivity index (χ3v) is 3.00. The average Bonchev–Trinajstić information content (AvgIpc) is 3.04. The van der Waals surface area contributed by atoms with Crippen molar-refractivity contribution in [3.05, 3.63) is 43.1 Å². The lowest BCUT2D eigenvalue weighted by Crippen LogP contribution is -1.92. The number of aromatic nitrogens is 6. The SMILES string of the molecule is Fc1cc(-c2c[nH]c3ncncc23)cn2ncnc12. The molecule has 19 heavy (non-hydrogen) atoms. The Morgan fingerprint density at radius 3 is 3.11 bits per heavy atom. The molecule has 7 heteroatoms. The smallest absolute Gasteiger partial charge is 0.191 e. The van der Waals surface area contributed by atoms with Crippen LogP contribution in [-0.2, 0) is 0 Å². The summed E-state index contributed by atoms with van der Waals surface area (Å²) in [6, 6.07) is 1.43. The first-order valence-corrected chi connectivity index (χ1v) is 5.59. The number of rotatable bonds is 1. The number of hydrogen-bond acceptors (Lipinski definition) is 4. The summed E-state index contributed by atoms with van der Waals surface area (Å²) >= 11 is 0. The Kier molecular flexibility index (Phi) is 1.91. The first-order chi connectivity index (χ1) is 9.33. The molecule has 4 aromatic rings. The van der Waals surface area contributed by atoms with Gasteiger partial charge in [0.25, 0.3) is 0 Å². The quantitative estimate of drug-likeness (QED) is 0.562. The molecule has 0 bridgehead atoms. The van der Waals surface area contributed by atoms with Gasteiger partial charge in [0.05, 0.1) is 0 Å². The van der Waals surface area contributed by atoms with Gasteiger partial charge in [0.2, 0.25) is 0 Å². The van der Waals surface area contributed by atoms with E-state index in [0.29, 0.717) is 11.2 Å². The largest absolute Gasteiger partial charge is 0.345 e. The van der Waals surface area contributed by atoms with Crippen LogP contribution in [0, 0.1) is 5.82 Å². The number of halogens is 1. The molecular formula is C12H7FN6. The molecule has 0 aromatic carbocycles. The Balaban J connectivity index is 2.03. The van der Waals surface area contributed by atoms with E-state index < -0.39 is 5.82 Å². The molecule has 4 aromatic heterocycles. The van der Waals surface area contributed by atoms with Crippen molar-refractivity contribution in [1.29, 1.82) is 0 Å². The number of hydrogen-bond donors (Lipinski definition) is 1. The fourth-order valence-corrected chi connectivity index (χ4v) is 2.13. The van der Waals surface area contributed by atoms with E-state index in [2.05, 4.69) is 25.0 Å². The molecule has 1 N–H and O–H groups in total. The molecule has 0 radical (unpaired) electrons. The summed E-state index contributed by atoms with van der Waals surface area (Å²) in [7, 11) is 0. The summed E-state index contributed by atoms with van der Waals surface area (Å²) in [4.78, 5) is 15.0. The van der Waals surface area contributed by atoms with Crippen LogP contribution >= 0.6 is 0 Å². The zero-order chi connectivity index (χ0) is 12.8. The van der Waals surface area contributed by atoms with Crippen molar-refractivity contribution < 1.29 is 4.39 Å². The summed E-state index contributed by atoms with van der Waals surface area (Å²) in [6.45, 7) is 0. The van der Waals surface area contributed by atoms with E-state index in [1.807, 2.05) is 0 Å². The van der Waals surface area contributed by atoms with Crippen LogP contribution in [0.3, 0.4) is 0 Å². The Labute approximate surface area is 106 Å². The topological polar surface area (TPSA) is 71.8 Å². The highest BCUT2D eigenvalue weighted by atomic mass is 19.1. The van der Waals surface area contributed by atoms with Crippen LogP contribution in [0.1, 0.15) is 0 Å². The van der Waals surface area contributed by atoms with Crippen LogP contribution in [0.2, 0.25) is 0 Å². The molecule has 4 rings (SSSR count). The fraction of sp³-hybridized carbons (Fsp3) is 0. The van der Waals surface area contributed by atoms with Gasteiger partial charge in [-0.1, -0.05) is 0 Å². The standard InChI is InChI=1S/C12H7FN6/c13-10-1-7(4-19-12(10)17-6-18-19)8-3-15-11-9(8)2-14-5-16-11/h1-6H,(H,14,15,16). The zero-order valence-electron chi connectivity index (χ0n) is 9.58. The molecule has 0 amide bonds. The predicted molar refractivity (Wildman–Crippen MR) is 65.8 cm³/mol. The molecule has 92 valence electrons. The number of nitrogens with zero attached hydrogens (tertiary/aromatic N) is 5. The summed E-state index contributed by atoms with van der Waals surface area (Å²) in [5, 5.41) is 4.79. The van der Waals surface area contributed by atoms with Gasteiger partial charge < -0.3 is 4.98 Å². The molecule has 0 saturated carbocycles. The maximum atomic E-state index is 13.9. The molecular weight excluding hydrogens is 247 g/mol. The summed E-state index contributed by atoms with van der Waals surface area (Å²) in [5.41, 5.74) is 2.44.